The Morgan fingerprint density at radius 3 is 2.65 bits per heavy atom. The first-order valence-electron chi connectivity index (χ1n) is 6.87. The van der Waals surface area contributed by atoms with E-state index in [0.29, 0.717) is 36.3 Å². The van der Waals surface area contributed by atoms with E-state index in [1.807, 2.05) is 6.92 Å². The number of carbonyl (C=O) groups is 1. The smallest absolute Gasteiger partial charge is 0.272 e. The van der Waals surface area contributed by atoms with Gasteiger partial charge in [0.1, 0.15) is 17.5 Å². The Hall–Kier alpha value is -1.40. The zero-order chi connectivity index (χ0) is 16.8. The van der Waals surface area contributed by atoms with Gasteiger partial charge in [0, 0.05) is 6.61 Å². The Kier molecular flexibility index (Phi) is 6.59. The van der Waals surface area contributed by atoms with Crippen LogP contribution in [0.3, 0.4) is 0 Å². The third-order valence-electron chi connectivity index (χ3n) is 2.86. The number of rotatable bonds is 7. The van der Waals surface area contributed by atoms with E-state index in [-0.39, 0.29) is 15.9 Å². The van der Waals surface area contributed by atoms with Crippen LogP contribution in [0.4, 0.5) is 5.69 Å². The van der Waals surface area contributed by atoms with E-state index in [1.165, 1.54) is 6.07 Å². The standard InChI is InChI=1S/C15H15Cl3N2O3/c1-2-22-6-7-23-13-9(16)4-3-5-11(13)20-15(21)12-8-10(17)14(18)19-12/h3-5,8,19H,2,6-7H2,1H3,(H,20,21). The lowest BCUT2D eigenvalue weighted by molar-refractivity contribution is 0.102. The second-order valence-electron chi connectivity index (χ2n) is 4.46. The van der Waals surface area contributed by atoms with Gasteiger partial charge in [-0.15, -0.1) is 0 Å². The average molecular weight is 378 g/mol. The fourth-order valence-corrected chi connectivity index (χ4v) is 2.36. The molecule has 5 nitrogen and oxygen atoms in total. The molecule has 0 saturated carbocycles. The minimum absolute atomic E-state index is 0.205. The number of para-hydroxylation sites is 1. The summed E-state index contributed by atoms with van der Waals surface area (Å²) in [6, 6.07) is 6.52. The molecule has 0 bridgehead atoms. The van der Waals surface area contributed by atoms with Gasteiger partial charge in [-0.1, -0.05) is 40.9 Å². The topological polar surface area (TPSA) is 63.4 Å². The van der Waals surface area contributed by atoms with Gasteiger partial charge in [0.15, 0.2) is 5.75 Å². The van der Waals surface area contributed by atoms with E-state index in [1.54, 1.807) is 18.2 Å². The van der Waals surface area contributed by atoms with Gasteiger partial charge >= 0.3 is 0 Å². The van der Waals surface area contributed by atoms with Gasteiger partial charge in [-0.05, 0) is 25.1 Å². The summed E-state index contributed by atoms with van der Waals surface area (Å²) in [4.78, 5) is 14.9. The molecule has 1 heterocycles. The van der Waals surface area contributed by atoms with Crippen LogP contribution >= 0.6 is 34.8 Å². The molecule has 0 aliphatic carbocycles. The summed E-state index contributed by atoms with van der Waals surface area (Å²) < 4.78 is 10.8. The first-order valence-corrected chi connectivity index (χ1v) is 8.00. The minimum Gasteiger partial charge on any atom is -0.487 e. The molecule has 0 aliphatic heterocycles. The molecule has 124 valence electrons. The van der Waals surface area contributed by atoms with Crippen LogP contribution in [0.15, 0.2) is 24.3 Å². The van der Waals surface area contributed by atoms with Crippen molar-refractivity contribution in [3.8, 4) is 5.75 Å². The van der Waals surface area contributed by atoms with Crippen LogP contribution in [0.25, 0.3) is 0 Å². The molecule has 0 atom stereocenters. The van der Waals surface area contributed by atoms with Gasteiger partial charge in [0.05, 0.1) is 22.3 Å². The highest BCUT2D eigenvalue weighted by molar-refractivity contribution is 6.41. The van der Waals surface area contributed by atoms with Crippen LogP contribution in [-0.2, 0) is 4.74 Å². The largest absolute Gasteiger partial charge is 0.487 e. The number of nitrogens with one attached hydrogen (secondary N) is 2. The zero-order valence-electron chi connectivity index (χ0n) is 12.3. The van der Waals surface area contributed by atoms with Crippen molar-refractivity contribution < 1.29 is 14.3 Å². The van der Waals surface area contributed by atoms with Crippen LogP contribution in [0.2, 0.25) is 15.2 Å². The SMILES string of the molecule is CCOCCOc1c(Cl)cccc1NC(=O)c1cc(Cl)c(Cl)[nH]1. The van der Waals surface area contributed by atoms with Gasteiger partial charge in [0.2, 0.25) is 0 Å². The number of benzene rings is 1. The third-order valence-corrected chi connectivity index (χ3v) is 3.85. The maximum atomic E-state index is 12.2. The molecular formula is C15H15Cl3N2O3. The number of amides is 1. The van der Waals surface area contributed by atoms with Crippen molar-refractivity contribution in [2.24, 2.45) is 0 Å². The average Bonchev–Trinajstić information content (AvgIpc) is 2.85. The van der Waals surface area contributed by atoms with Gasteiger partial charge in [0.25, 0.3) is 5.91 Å². The molecule has 0 aliphatic rings. The number of hydrogen-bond donors (Lipinski definition) is 2. The Morgan fingerprint density at radius 2 is 2.00 bits per heavy atom. The monoisotopic (exact) mass is 376 g/mol. The predicted molar refractivity (Wildman–Crippen MR) is 92.2 cm³/mol. The van der Waals surface area contributed by atoms with Crippen LogP contribution in [0.1, 0.15) is 17.4 Å². The molecule has 23 heavy (non-hydrogen) atoms. The molecule has 0 saturated heterocycles. The predicted octanol–water partition coefficient (Wildman–Crippen LogP) is 4.64. The van der Waals surface area contributed by atoms with Crippen molar-refractivity contribution in [3.05, 3.63) is 45.2 Å². The second kappa shape index (κ2) is 8.45. The molecule has 1 aromatic heterocycles. The second-order valence-corrected chi connectivity index (χ2v) is 5.65. The van der Waals surface area contributed by atoms with Crippen molar-refractivity contribution in [3.63, 3.8) is 0 Å². The van der Waals surface area contributed by atoms with Gasteiger partial charge < -0.3 is 19.8 Å². The van der Waals surface area contributed by atoms with E-state index < -0.39 is 5.91 Å². The number of H-pyrrole nitrogens is 1. The third kappa shape index (κ3) is 4.78. The highest BCUT2D eigenvalue weighted by Crippen LogP contribution is 2.33. The quantitative estimate of drug-likeness (QED) is 0.691. The van der Waals surface area contributed by atoms with Crippen molar-refractivity contribution >= 4 is 46.4 Å². The fourth-order valence-electron chi connectivity index (χ4n) is 1.82. The summed E-state index contributed by atoms with van der Waals surface area (Å²) in [6.07, 6.45) is 0. The number of carbonyl (C=O) groups excluding carboxylic acids is 1. The molecule has 0 unspecified atom stereocenters. The Balaban J connectivity index is 2.12. The fraction of sp³-hybridized carbons (Fsp3) is 0.267. The number of anilines is 1. The molecule has 2 aromatic rings. The molecule has 1 amide bonds. The van der Waals surface area contributed by atoms with Crippen LogP contribution < -0.4 is 10.1 Å². The van der Waals surface area contributed by atoms with Crippen molar-refractivity contribution in [1.29, 1.82) is 0 Å². The summed E-state index contributed by atoms with van der Waals surface area (Å²) in [5.74, 6) is -0.0262. The normalized spacial score (nSPS) is 10.6. The first-order chi connectivity index (χ1) is 11.0. The molecule has 0 spiro atoms. The van der Waals surface area contributed by atoms with E-state index in [4.69, 9.17) is 44.3 Å². The summed E-state index contributed by atoms with van der Waals surface area (Å²) in [5.41, 5.74) is 0.682. The molecule has 8 heteroatoms. The number of aromatic amines is 1. The maximum absolute atomic E-state index is 12.2. The Labute approximate surface area is 148 Å². The van der Waals surface area contributed by atoms with Crippen LogP contribution in [0.5, 0.6) is 5.75 Å². The Morgan fingerprint density at radius 1 is 1.22 bits per heavy atom. The minimum atomic E-state index is -0.407. The van der Waals surface area contributed by atoms with Crippen LogP contribution in [0, 0.1) is 0 Å². The van der Waals surface area contributed by atoms with Crippen molar-refractivity contribution in [2.75, 3.05) is 25.1 Å². The lowest BCUT2D eigenvalue weighted by Gasteiger charge is -2.13. The van der Waals surface area contributed by atoms with E-state index in [0.717, 1.165) is 0 Å². The summed E-state index contributed by atoms with van der Waals surface area (Å²) in [5, 5.41) is 3.58. The highest BCUT2D eigenvalue weighted by Gasteiger charge is 2.15. The highest BCUT2D eigenvalue weighted by atomic mass is 35.5. The summed E-state index contributed by atoms with van der Waals surface area (Å²) >= 11 is 17.8. The molecule has 2 rings (SSSR count). The Bertz CT molecular complexity index is 669. The lowest BCUT2D eigenvalue weighted by Crippen LogP contribution is -2.14. The molecule has 1 aromatic carbocycles. The van der Waals surface area contributed by atoms with E-state index >= 15 is 0 Å². The van der Waals surface area contributed by atoms with E-state index in [9.17, 15) is 4.79 Å². The zero-order valence-corrected chi connectivity index (χ0v) is 14.6. The molecular weight excluding hydrogens is 363 g/mol. The first kappa shape index (κ1) is 17.9. The summed E-state index contributed by atoms with van der Waals surface area (Å²) in [7, 11) is 0. The molecule has 0 fully saturated rings. The van der Waals surface area contributed by atoms with Crippen LogP contribution in [-0.4, -0.2) is 30.7 Å². The number of halogens is 3. The van der Waals surface area contributed by atoms with Crippen molar-refractivity contribution in [1.82, 2.24) is 4.98 Å². The van der Waals surface area contributed by atoms with Crippen molar-refractivity contribution in [2.45, 2.75) is 6.92 Å². The number of aromatic nitrogens is 1. The maximum Gasteiger partial charge on any atom is 0.272 e. The van der Waals surface area contributed by atoms with Gasteiger partial charge in [-0.2, -0.15) is 0 Å². The van der Waals surface area contributed by atoms with Gasteiger partial charge in [-0.3, -0.25) is 4.79 Å². The molecule has 2 N–H and O–H groups in total. The molecule has 0 radical (unpaired) electrons. The number of ether oxygens (including phenoxy) is 2. The summed E-state index contributed by atoms with van der Waals surface area (Å²) in [6.45, 7) is 3.25. The lowest BCUT2D eigenvalue weighted by atomic mass is 10.2. The number of hydrogen-bond acceptors (Lipinski definition) is 3. The van der Waals surface area contributed by atoms with Gasteiger partial charge in [-0.25, -0.2) is 0 Å². The van der Waals surface area contributed by atoms with E-state index in [2.05, 4.69) is 10.3 Å².